The molecular weight excluding hydrogens is 444 g/mol. The zero-order chi connectivity index (χ0) is 24.0. The third kappa shape index (κ3) is 2.28. The first kappa shape index (κ1) is 19.4. The molecule has 0 atom stereocenters. The van der Waals surface area contributed by atoms with Gasteiger partial charge in [0.05, 0.1) is 27.6 Å². The molecule has 4 heteroatoms. The maximum Gasteiger partial charge on any atom is 0.197 e. The molecule has 0 bridgehead atoms. The molecule has 4 nitrogen and oxygen atoms in total. The lowest BCUT2D eigenvalue weighted by Crippen LogP contribution is -2.14. The molecule has 0 saturated carbocycles. The Hall–Kier alpha value is -4.96. The van der Waals surface area contributed by atoms with Gasteiger partial charge in [-0.2, -0.15) is 0 Å². The quantitative estimate of drug-likeness (QED) is 0.202. The van der Waals surface area contributed by atoms with Crippen molar-refractivity contribution in [1.29, 1.82) is 0 Å². The summed E-state index contributed by atoms with van der Waals surface area (Å²) >= 11 is 0. The van der Waals surface area contributed by atoms with Crippen LogP contribution < -0.4 is 10.9 Å². The smallest absolute Gasteiger partial charge is 0.197 e. The predicted octanol–water partition coefficient (Wildman–Crippen LogP) is 6.65. The van der Waals surface area contributed by atoms with Crippen LogP contribution in [-0.4, -0.2) is 8.97 Å². The largest absolute Gasteiger partial charge is 0.309 e. The van der Waals surface area contributed by atoms with Gasteiger partial charge in [0.15, 0.2) is 10.9 Å². The highest BCUT2D eigenvalue weighted by Gasteiger charge is 2.21. The first-order chi connectivity index (χ1) is 17.7. The number of hydrogen-bond donors (Lipinski definition) is 0. The van der Waals surface area contributed by atoms with Crippen LogP contribution in [0.15, 0.2) is 119 Å². The fourth-order valence-electron chi connectivity index (χ4n) is 5.97. The van der Waals surface area contributed by atoms with Crippen LogP contribution in [0.5, 0.6) is 0 Å². The predicted molar refractivity (Wildman–Crippen MR) is 148 cm³/mol. The van der Waals surface area contributed by atoms with Gasteiger partial charge in [0.1, 0.15) is 0 Å². The van der Waals surface area contributed by atoms with Crippen LogP contribution in [0.3, 0.4) is 0 Å². The minimum atomic E-state index is -0.0521. The van der Waals surface area contributed by atoms with Crippen LogP contribution in [-0.2, 0) is 0 Å². The summed E-state index contributed by atoms with van der Waals surface area (Å²) in [5, 5.41) is 4.49. The molecular formula is C32H18N2O2. The first-order valence-electron chi connectivity index (χ1n) is 12.0. The van der Waals surface area contributed by atoms with Crippen LogP contribution in [0.2, 0.25) is 0 Å². The van der Waals surface area contributed by atoms with Crippen LogP contribution >= 0.6 is 0 Å². The van der Waals surface area contributed by atoms with Gasteiger partial charge in [-0.3, -0.25) is 9.59 Å². The maximum absolute atomic E-state index is 13.9. The average Bonchev–Trinajstić information content (AvgIpc) is 3.27. The number of fused-ring (bicyclic) bond motifs is 8. The van der Waals surface area contributed by atoms with Crippen LogP contribution in [0, 0.1) is 0 Å². The van der Waals surface area contributed by atoms with Crippen molar-refractivity contribution < 1.29 is 0 Å². The molecule has 0 radical (unpaired) electrons. The van der Waals surface area contributed by atoms with Crippen molar-refractivity contribution >= 4 is 59.9 Å². The molecule has 0 aliphatic rings. The molecule has 3 aromatic heterocycles. The molecule has 8 rings (SSSR count). The first-order valence-corrected chi connectivity index (χ1v) is 12.0. The molecule has 8 aromatic rings. The number of nitrogens with zero attached hydrogens (tertiary/aromatic N) is 2. The van der Waals surface area contributed by atoms with Gasteiger partial charge in [-0.1, -0.05) is 54.6 Å². The Bertz CT molecular complexity index is 2280. The topological polar surface area (TPSA) is 43.5 Å². The summed E-state index contributed by atoms with van der Waals surface area (Å²) in [4.78, 5) is 27.4. The molecule has 36 heavy (non-hydrogen) atoms. The highest BCUT2D eigenvalue weighted by molar-refractivity contribution is 6.23. The Morgan fingerprint density at radius 2 is 1.00 bits per heavy atom. The van der Waals surface area contributed by atoms with E-state index >= 15 is 0 Å². The molecule has 0 amide bonds. The van der Waals surface area contributed by atoms with E-state index in [2.05, 4.69) is 39.3 Å². The number of hydrogen-bond acceptors (Lipinski definition) is 2. The van der Waals surface area contributed by atoms with E-state index < -0.39 is 0 Å². The average molecular weight is 463 g/mol. The van der Waals surface area contributed by atoms with Crippen LogP contribution in [0.4, 0.5) is 0 Å². The Labute approximate surface area is 204 Å². The summed E-state index contributed by atoms with van der Waals surface area (Å²) in [6, 6.07) is 35.7. The number of pyridine rings is 2. The zero-order valence-electron chi connectivity index (χ0n) is 19.1. The van der Waals surface area contributed by atoms with Gasteiger partial charge in [-0.15, -0.1) is 0 Å². The minimum Gasteiger partial charge on any atom is -0.309 e. The minimum absolute atomic E-state index is 0.0474. The lowest BCUT2D eigenvalue weighted by Gasteiger charge is -2.15. The van der Waals surface area contributed by atoms with E-state index in [-0.39, 0.29) is 10.9 Å². The summed E-state index contributed by atoms with van der Waals surface area (Å²) in [6.45, 7) is 0. The fraction of sp³-hybridized carbons (Fsp3) is 0. The van der Waals surface area contributed by atoms with E-state index in [9.17, 15) is 9.59 Å². The summed E-state index contributed by atoms with van der Waals surface area (Å²) < 4.78 is 4.39. The highest BCUT2D eigenvalue weighted by atomic mass is 16.1. The molecule has 0 N–H and O–H groups in total. The van der Waals surface area contributed by atoms with E-state index in [0.717, 1.165) is 38.5 Å². The van der Waals surface area contributed by atoms with Crippen molar-refractivity contribution in [2.45, 2.75) is 0 Å². The van der Waals surface area contributed by atoms with Crippen LogP contribution in [0.1, 0.15) is 0 Å². The molecule has 5 aromatic carbocycles. The molecule has 0 spiro atoms. The molecule has 168 valence electrons. The van der Waals surface area contributed by atoms with Gasteiger partial charge in [0.2, 0.25) is 0 Å². The monoisotopic (exact) mass is 462 g/mol. The summed E-state index contributed by atoms with van der Waals surface area (Å²) in [7, 11) is 0. The SMILES string of the molecule is O=c1c2ccccc2n2c3c1cccc3c(=O)c1ccc3c(c4ccccc4n3-c3ccccc3)c12. The van der Waals surface area contributed by atoms with Gasteiger partial charge >= 0.3 is 0 Å². The zero-order valence-corrected chi connectivity index (χ0v) is 19.1. The van der Waals surface area contributed by atoms with E-state index in [1.165, 1.54) is 0 Å². The van der Waals surface area contributed by atoms with Crippen molar-refractivity contribution in [3.8, 4) is 5.69 Å². The molecule has 0 saturated heterocycles. The van der Waals surface area contributed by atoms with Crippen molar-refractivity contribution in [3.63, 3.8) is 0 Å². The second-order valence-corrected chi connectivity index (χ2v) is 9.26. The van der Waals surface area contributed by atoms with Crippen LogP contribution in [0.25, 0.3) is 65.6 Å². The Morgan fingerprint density at radius 1 is 0.417 bits per heavy atom. The third-order valence-corrected chi connectivity index (χ3v) is 7.43. The lowest BCUT2D eigenvalue weighted by molar-refractivity contribution is 1.18. The van der Waals surface area contributed by atoms with Crippen molar-refractivity contribution in [1.82, 2.24) is 8.97 Å². The van der Waals surface area contributed by atoms with Gasteiger partial charge in [-0.05, 0) is 54.6 Å². The van der Waals surface area contributed by atoms with Crippen molar-refractivity contribution in [2.75, 3.05) is 0 Å². The molecule has 0 aliphatic carbocycles. The molecule has 3 heterocycles. The van der Waals surface area contributed by atoms with Gasteiger partial charge in [-0.25, -0.2) is 0 Å². The fourth-order valence-corrected chi connectivity index (χ4v) is 5.97. The summed E-state index contributed by atoms with van der Waals surface area (Å²) in [6.07, 6.45) is 0. The molecule has 0 fully saturated rings. The highest BCUT2D eigenvalue weighted by Crippen LogP contribution is 2.38. The second kappa shape index (κ2) is 6.80. The maximum atomic E-state index is 13.9. The van der Waals surface area contributed by atoms with E-state index in [0.29, 0.717) is 27.1 Å². The van der Waals surface area contributed by atoms with Crippen molar-refractivity contribution in [3.05, 3.63) is 130 Å². The Morgan fingerprint density at radius 3 is 1.78 bits per heavy atom. The van der Waals surface area contributed by atoms with E-state index in [1.807, 2.05) is 72.8 Å². The number of benzene rings is 5. The third-order valence-electron chi connectivity index (χ3n) is 7.43. The number of para-hydroxylation sites is 4. The van der Waals surface area contributed by atoms with E-state index in [1.54, 1.807) is 6.07 Å². The molecule has 0 aliphatic heterocycles. The van der Waals surface area contributed by atoms with Gasteiger partial charge in [0, 0.05) is 38.0 Å². The summed E-state index contributed by atoms with van der Waals surface area (Å²) in [5.74, 6) is 0. The molecule has 0 unspecified atom stereocenters. The Balaban J connectivity index is 1.78. The summed E-state index contributed by atoms with van der Waals surface area (Å²) in [5.41, 5.74) is 5.37. The van der Waals surface area contributed by atoms with Crippen molar-refractivity contribution in [2.24, 2.45) is 0 Å². The number of aromatic nitrogens is 2. The van der Waals surface area contributed by atoms with E-state index in [4.69, 9.17) is 0 Å². The Kier molecular flexibility index (Phi) is 3.66. The van der Waals surface area contributed by atoms with Gasteiger partial charge < -0.3 is 8.97 Å². The lowest BCUT2D eigenvalue weighted by atomic mass is 10.0. The second-order valence-electron chi connectivity index (χ2n) is 9.26. The number of rotatable bonds is 1. The van der Waals surface area contributed by atoms with Gasteiger partial charge in [0.25, 0.3) is 0 Å². The normalized spacial score (nSPS) is 12.1. The standard InChI is InChI=1S/C32H18N2O2/c35-31-21-12-5-7-16-26(21)34-29-22(31)13-8-14-23(29)32(36)24-17-18-27-28(30(24)34)20-11-4-6-15-25(20)33(27)19-9-2-1-3-10-19/h1-18H.